The van der Waals surface area contributed by atoms with Gasteiger partial charge in [0.25, 0.3) is 5.91 Å². The van der Waals surface area contributed by atoms with Gasteiger partial charge in [0.15, 0.2) is 5.82 Å². The van der Waals surface area contributed by atoms with Gasteiger partial charge in [0.05, 0.1) is 5.56 Å². The Morgan fingerprint density at radius 3 is 2.76 bits per heavy atom. The highest BCUT2D eigenvalue weighted by Gasteiger charge is 2.64. The number of ether oxygens (including phenoxy) is 1. The number of rotatable bonds is 5. The minimum absolute atomic E-state index is 0.0575. The van der Waals surface area contributed by atoms with E-state index in [-0.39, 0.29) is 30.2 Å². The third-order valence-electron chi connectivity index (χ3n) is 7.86. The van der Waals surface area contributed by atoms with Crippen LogP contribution in [0.2, 0.25) is 0 Å². The molecule has 220 valence electrons. The summed E-state index contributed by atoms with van der Waals surface area (Å²) in [5.74, 6) is 1.56. The summed E-state index contributed by atoms with van der Waals surface area (Å²) >= 11 is 1.04. The zero-order chi connectivity index (χ0) is 29.4. The molecule has 0 spiro atoms. The number of aliphatic imine (C=N–C) groups is 1. The van der Waals surface area contributed by atoms with Crippen molar-refractivity contribution in [3.63, 3.8) is 0 Å². The van der Waals surface area contributed by atoms with E-state index in [4.69, 9.17) is 9.72 Å². The molecule has 41 heavy (non-hydrogen) atoms. The normalized spacial score (nSPS) is 23.7. The van der Waals surface area contributed by atoms with Gasteiger partial charge in [0.2, 0.25) is 5.88 Å². The van der Waals surface area contributed by atoms with Gasteiger partial charge in [-0.15, -0.1) is 5.10 Å². The number of carbonyl (C=O) groups excluding carboxylic acids is 1. The highest BCUT2D eigenvalue weighted by Crippen LogP contribution is 2.57. The maximum Gasteiger partial charge on any atom is 0.397 e. The van der Waals surface area contributed by atoms with Gasteiger partial charge in [-0.3, -0.25) is 9.52 Å². The SMILES string of the molecule is C=C/C1=N\C(=C)NCCCC2CN(c3nc(-n4ccc(OCC5(C(F)(F)F)CC5)n4)ccc3C(=O)NS1)C(C)(C)C2. The topological polar surface area (TPSA) is 96.7 Å². The lowest BCUT2D eigenvalue weighted by Crippen LogP contribution is -2.40. The summed E-state index contributed by atoms with van der Waals surface area (Å²) in [7, 11) is 0. The van der Waals surface area contributed by atoms with Gasteiger partial charge >= 0.3 is 6.18 Å². The van der Waals surface area contributed by atoms with Gasteiger partial charge < -0.3 is 15.0 Å². The Morgan fingerprint density at radius 2 is 2.05 bits per heavy atom. The first-order valence-electron chi connectivity index (χ1n) is 13.6. The molecule has 0 aromatic carbocycles. The molecule has 1 unspecified atom stereocenters. The van der Waals surface area contributed by atoms with Gasteiger partial charge in [-0.2, -0.15) is 13.2 Å². The third-order valence-corrected chi connectivity index (χ3v) is 8.61. The molecular weight excluding hydrogens is 555 g/mol. The number of hydrogen-bond donors (Lipinski definition) is 2. The van der Waals surface area contributed by atoms with Crippen molar-refractivity contribution in [1.29, 1.82) is 0 Å². The summed E-state index contributed by atoms with van der Waals surface area (Å²) in [6.07, 6.45) is 1.78. The lowest BCUT2D eigenvalue weighted by molar-refractivity contribution is -0.194. The number of carbonyl (C=O) groups is 1. The molecule has 1 aliphatic carbocycles. The Hall–Kier alpha value is -3.48. The molecule has 1 saturated heterocycles. The second kappa shape index (κ2) is 11.1. The smallest absolute Gasteiger partial charge is 0.397 e. The summed E-state index contributed by atoms with van der Waals surface area (Å²) in [6.45, 7) is 13.0. The van der Waals surface area contributed by atoms with Gasteiger partial charge in [-0.1, -0.05) is 13.2 Å². The highest BCUT2D eigenvalue weighted by atomic mass is 32.2. The molecule has 2 bridgehead atoms. The van der Waals surface area contributed by atoms with E-state index in [0.29, 0.717) is 34.0 Å². The molecule has 3 aliphatic rings. The lowest BCUT2D eigenvalue weighted by atomic mass is 9.93. The van der Waals surface area contributed by atoms with Crippen molar-refractivity contribution in [2.24, 2.45) is 16.3 Å². The molecule has 9 nitrogen and oxygen atoms in total. The maximum atomic E-state index is 13.4. The second-order valence-electron chi connectivity index (χ2n) is 11.4. The van der Waals surface area contributed by atoms with E-state index in [0.717, 1.165) is 44.3 Å². The van der Waals surface area contributed by atoms with Crippen molar-refractivity contribution < 1.29 is 22.7 Å². The van der Waals surface area contributed by atoms with Crippen LogP contribution in [0.3, 0.4) is 0 Å². The number of amides is 1. The molecule has 0 radical (unpaired) electrons. The highest BCUT2D eigenvalue weighted by molar-refractivity contribution is 8.13. The van der Waals surface area contributed by atoms with E-state index in [1.807, 2.05) is 0 Å². The Balaban J connectivity index is 1.44. The number of nitrogens with zero attached hydrogens (tertiary/aromatic N) is 5. The third kappa shape index (κ3) is 6.24. The molecular formula is C28H34F3N7O2S. The molecule has 1 saturated carbocycles. The zero-order valence-corrected chi connectivity index (χ0v) is 23.9. The Morgan fingerprint density at radius 1 is 1.27 bits per heavy atom. The van der Waals surface area contributed by atoms with Gasteiger partial charge in [0.1, 0.15) is 28.7 Å². The average molecular weight is 590 g/mol. The zero-order valence-electron chi connectivity index (χ0n) is 23.1. The Kier molecular flexibility index (Phi) is 7.84. The van der Waals surface area contributed by atoms with Crippen LogP contribution < -0.4 is 19.7 Å². The molecule has 2 aliphatic heterocycles. The van der Waals surface area contributed by atoms with E-state index in [2.05, 4.69) is 52.0 Å². The Labute approximate surface area is 241 Å². The van der Waals surface area contributed by atoms with Crippen LogP contribution >= 0.6 is 11.9 Å². The van der Waals surface area contributed by atoms with E-state index in [9.17, 15) is 18.0 Å². The minimum atomic E-state index is -4.30. The fourth-order valence-electron chi connectivity index (χ4n) is 5.35. The van der Waals surface area contributed by atoms with Crippen LogP contribution in [0.5, 0.6) is 5.88 Å². The standard InChI is InChI=1S/C28H34F3N7O2S/c1-5-23-33-18(2)32-13-6-7-19-15-26(3,4)37(16-19)24-20(25(39)36-41-23)8-9-21(34-24)38-14-10-22(35-38)40-17-27(11-12-27)28(29,30)31/h5,8-10,14,19,32H,1-2,6-7,11-13,15-17H2,3-4H3,(H,36,39)/b33-23+. The van der Waals surface area contributed by atoms with E-state index in [1.54, 1.807) is 24.4 Å². The number of alkyl halides is 3. The van der Waals surface area contributed by atoms with Crippen LogP contribution in [0.25, 0.3) is 5.82 Å². The van der Waals surface area contributed by atoms with Crippen LogP contribution in [0.4, 0.5) is 19.0 Å². The van der Waals surface area contributed by atoms with Crippen molar-refractivity contribution in [3.05, 3.63) is 55.0 Å². The van der Waals surface area contributed by atoms with Crippen LogP contribution in [0.1, 0.15) is 56.3 Å². The van der Waals surface area contributed by atoms with Crippen molar-refractivity contribution in [2.75, 3.05) is 24.6 Å². The van der Waals surface area contributed by atoms with Crippen molar-refractivity contribution >= 4 is 28.7 Å². The predicted molar refractivity (Wildman–Crippen MR) is 153 cm³/mol. The molecule has 1 atom stereocenters. The quantitative estimate of drug-likeness (QED) is 0.450. The second-order valence-corrected chi connectivity index (χ2v) is 12.2. The number of halogens is 3. The summed E-state index contributed by atoms with van der Waals surface area (Å²) < 4.78 is 49.7. The first-order valence-corrected chi connectivity index (χ1v) is 14.4. The monoisotopic (exact) mass is 589 g/mol. The van der Waals surface area contributed by atoms with Crippen LogP contribution in [0.15, 0.2) is 54.4 Å². The predicted octanol–water partition coefficient (Wildman–Crippen LogP) is 5.41. The molecule has 1 amide bonds. The molecule has 4 heterocycles. The van der Waals surface area contributed by atoms with Crippen molar-refractivity contribution in [3.8, 4) is 11.7 Å². The Bertz CT molecular complexity index is 1370. The summed E-state index contributed by atoms with van der Waals surface area (Å²) in [6, 6.07) is 4.85. The first-order chi connectivity index (χ1) is 19.4. The number of aromatic nitrogens is 3. The molecule has 2 N–H and O–H groups in total. The molecule has 2 fully saturated rings. The van der Waals surface area contributed by atoms with Crippen molar-refractivity contribution in [2.45, 2.75) is 57.7 Å². The van der Waals surface area contributed by atoms with E-state index < -0.39 is 18.2 Å². The van der Waals surface area contributed by atoms with Crippen LogP contribution in [-0.4, -0.2) is 57.1 Å². The summed E-state index contributed by atoms with van der Waals surface area (Å²) in [5.41, 5.74) is -1.67. The lowest BCUT2D eigenvalue weighted by Gasteiger charge is -2.34. The number of fused-ring (bicyclic) bond motifs is 4. The average Bonchev–Trinajstić information content (AvgIpc) is 3.48. The number of anilines is 1. The number of nitrogens with one attached hydrogen (secondary N) is 2. The molecule has 2 aromatic rings. The molecule has 5 rings (SSSR count). The fraction of sp³-hybridized carbons (Fsp3) is 0.500. The van der Waals surface area contributed by atoms with Crippen LogP contribution in [-0.2, 0) is 0 Å². The molecule has 2 aromatic heterocycles. The number of hydrogen-bond acceptors (Lipinski definition) is 8. The minimum Gasteiger partial charge on any atom is -0.476 e. The number of pyridine rings is 1. The largest absolute Gasteiger partial charge is 0.476 e. The van der Waals surface area contributed by atoms with Crippen molar-refractivity contribution in [1.82, 2.24) is 24.8 Å². The van der Waals surface area contributed by atoms with Gasteiger partial charge in [0, 0.05) is 42.8 Å². The first kappa shape index (κ1) is 29.0. The van der Waals surface area contributed by atoms with Gasteiger partial charge in [-0.25, -0.2) is 14.7 Å². The molecule has 13 heteroatoms. The fourth-order valence-corrected chi connectivity index (χ4v) is 5.89. The maximum absolute atomic E-state index is 13.4. The van der Waals surface area contributed by atoms with E-state index in [1.165, 1.54) is 10.7 Å². The summed E-state index contributed by atoms with van der Waals surface area (Å²) in [4.78, 5) is 24.9. The van der Waals surface area contributed by atoms with Gasteiger partial charge in [-0.05, 0) is 70.1 Å². The van der Waals surface area contributed by atoms with E-state index >= 15 is 0 Å². The summed E-state index contributed by atoms with van der Waals surface area (Å²) in [5, 5.41) is 8.03. The van der Waals surface area contributed by atoms with Crippen LogP contribution in [0, 0.1) is 11.3 Å².